The molecular weight excluding hydrogens is 444 g/mol. The monoisotopic (exact) mass is 468 g/mol. The summed E-state index contributed by atoms with van der Waals surface area (Å²) < 4.78 is 12.5. The topological polar surface area (TPSA) is 110 Å². The zero-order valence-corrected chi connectivity index (χ0v) is 19.6. The SMILES string of the molecule is CC(C)(C)c1ccc(Oc2nc3ccccn3c(=O)c2/C=C(\C#N)C(=O)NCc2ccco2)cc1. The molecule has 0 unspecified atom stereocenters. The minimum absolute atomic E-state index is 0.00343. The minimum Gasteiger partial charge on any atom is -0.467 e. The lowest BCUT2D eigenvalue weighted by Gasteiger charge is -2.19. The van der Waals surface area contributed by atoms with E-state index in [9.17, 15) is 14.9 Å². The Morgan fingerprint density at radius 3 is 2.60 bits per heavy atom. The van der Waals surface area contributed by atoms with Crippen LogP contribution in [0.15, 0.2) is 81.8 Å². The van der Waals surface area contributed by atoms with Gasteiger partial charge in [-0.05, 0) is 53.5 Å². The molecule has 0 saturated carbocycles. The van der Waals surface area contributed by atoms with Crippen molar-refractivity contribution < 1.29 is 13.9 Å². The fraction of sp³-hybridized carbons (Fsp3) is 0.185. The van der Waals surface area contributed by atoms with E-state index < -0.39 is 11.5 Å². The van der Waals surface area contributed by atoms with E-state index in [4.69, 9.17) is 9.15 Å². The molecule has 4 rings (SSSR count). The van der Waals surface area contributed by atoms with E-state index in [0.29, 0.717) is 17.2 Å². The summed E-state index contributed by atoms with van der Waals surface area (Å²) in [7, 11) is 0. The average molecular weight is 469 g/mol. The number of furan rings is 1. The van der Waals surface area contributed by atoms with Gasteiger partial charge in [-0.15, -0.1) is 0 Å². The van der Waals surface area contributed by atoms with Crippen LogP contribution in [0, 0.1) is 11.3 Å². The van der Waals surface area contributed by atoms with E-state index in [2.05, 4.69) is 31.1 Å². The number of carbonyl (C=O) groups is 1. The van der Waals surface area contributed by atoms with Crippen LogP contribution in [-0.4, -0.2) is 15.3 Å². The van der Waals surface area contributed by atoms with Crippen molar-refractivity contribution >= 4 is 17.6 Å². The van der Waals surface area contributed by atoms with Gasteiger partial charge < -0.3 is 14.5 Å². The second-order valence-corrected chi connectivity index (χ2v) is 8.87. The van der Waals surface area contributed by atoms with Gasteiger partial charge in [0.1, 0.15) is 34.4 Å². The third-order valence-corrected chi connectivity index (χ3v) is 5.33. The van der Waals surface area contributed by atoms with Gasteiger partial charge in [-0.1, -0.05) is 39.0 Å². The van der Waals surface area contributed by atoms with Crippen LogP contribution in [0.4, 0.5) is 0 Å². The van der Waals surface area contributed by atoms with Gasteiger partial charge in [-0.2, -0.15) is 10.2 Å². The highest BCUT2D eigenvalue weighted by Crippen LogP contribution is 2.28. The van der Waals surface area contributed by atoms with Crippen LogP contribution in [0.3, 0.4) is 0 Å². The first-order chi connectivity index (χ1) is 16.8. The molecule has 1 amide bonds. The van der Waals surface area contributed by atoms with E-state index in [1.807, 2.05) is 18.2 Å². The molecular formula is C27H24N4O4. The number of fused-ring (bicyclic) bond motifs is 1. The molecule has 0 radical (unpaired) electrons. The summed E-state index contributed by atoms with van der Waals surface area (Å²) in [6, 6.07) is 17.9. The highest BCUT2D eigenvalue weighted by atomic mass is 16.5. The number of ether oxygens (including phenoxy) is 1. The zero-order valence-electron chi connectivity index (χ0n) is 19.6. The van der Waals surface area contributed by atoms with Crippen LogP contribution in [0.25, 0.3) is 11.7 Å². The number of hydrogen-bond donors (Lipinski definition) is 1. The normalized spacial score (nSPS) is 11.8. The Labute approximate surface area is 202 Å². The molecule has 0 atom stereocenters. The van der Waals surface area contributed by atoms with Crippen molar-refractivity contribution in [2.75, 3.05) is 0 Å². The van der Waals surface area contributed by atoms with E-state index in [0.717, 1.165) is 5.56 Å². The summed E-state index contributed by atoms with van der Waals surface area (Å²) in [4.78, 5) is 30.4. The van der Waals surface area contributed by atoms with Crippen molar-refractivity contribution in [3.05, 3.63) is 99.9 Å². The van der Waals surface area contributed by atoms with E-state index in [-0.39, 0.29) is 29.0 Å². The van der Waals surface area contributed by atoms with Gasteiger partial charge in [0, 0.05) is 6.20 Å². The second-order valence-electron chi connectivity index (χ2n) is 8.87. The predicted molar refractivity (Wildman–Crippen MR) is 131 cm³/mol. The van der Waals surface area contributed by atoms with Crippen LogP contribution < -0.4 is 15.6 Å². The Kier molecular flexibility index (Phi) is 6.51. The lowest BCUT2D eigenvalue weighted by atomic mass is 9.87. The van der Waals surface area contributed by atoms with Gasteiger partial charge >= 0.3 is 0 Å². The Bertz CT molecular complexity index is 1490. The van der Waals surface area contributed by atoms with E-state index in [1.54, 1.807) is 48.7 Å². The maximum atomic E-state index is 13.3. The fourth-order valence-corrected chi connectivity index (χ4v) is 3.39. The Morgan fingerprint density at radius 1 is 1.17 bits per heavy atom. The molecule has 0 aliphatic rings. The van der Waals surface area contributed by atoms with Crippen molar-refractivity contribution in [2.45, 2.75) is 32.7 Å². The van der Waals surface area contributed by atoms with Crippen molar-refractivity contribution in [1.82, 2.24) is 14.7 Å². The molecule has 0 spiro atoms. The van der Waals surface area contributed by atoms with Gasteiger partial charge in [0.25, 0.3) is 11.5 Å². The molecule has 1 N–H and O–H groups in total. The molecule has 35 heavy (non-hydrogen) atoms. The van der Waals surface area contributed by atoms with Crippen LogP contribution in [0.2, 0.25) is 0 Å². The number of carbonyl (C=O) groups excluding carboxylic acids is 1. The summed E-state index contributed by atoms with van der Waals surface area (Å²) in [6.45, 7) is 6.43. The highest BCUT2D eigenvalue weighted by molar-refractivity contribution is 6.01. The molecule has 1 aromatic carbocycles. The number of pyridine rings is 1. The van der Waals surface area contributed by atoms with Crippen molar-refractivity contribution in [3.8, 4) is 17.7 Å². The summed E-state index contributed by atoms with van der Waals surface area (Å²) in [5, 5.41) is 12.2. The molecule has 3 aromatic heterocycles. The van der Waals surface area contributed by atoms with E-state index in [1.165, 1.54) is 16.7 Å². The molecule has 176 valence electrons. The van der Waals surface area contributed by atoms with Gasteiger partial charge in [0.15, 0.2) is 0 Å². The van der Waals surface area contributed by atoms with Crippen LogP contribution in [-0.2, 0) is 16.8 Å². The first kappa shape index (κ1) is 23.5. The fourth-order valence-electron chi connectivity index (χ4n) is 3.39. The number of rotatable bonds is 6. The quantitative estimate of drug-likeness (QED) is 0.327. The van der Waals surface area contributed by atoms with Crippen molar-refractivity contribution in [3.63, 3.8) is 0 Å². The van der Waals surface area contributed by atoms with Gasteiger partial charge in [-0.3, -0.25) is 14.0 Å². The lowest BCUT2D eigenvalue weighted by molar-refractivity contribution is -0.117. The maximum absolute atomic E-state index is 13.3. The number of benzene rings is 1. The molecule has 0 aliphatic carbocycles. The highest BCUT2D eigenvalue weighted by Gasteiger charge is 2.18. The maximum Gasteiger partial charge on any atom is 0.269 e. The predicted octanol–water partition coefficient (Wildman–Crippen LogP) is 4.60. The van der Waals surface area contributed by atoms with Crippen molar-refractivity contribution in [2.24, 2.45) is 0 Å². The largest absolute Gasteiger partial charge is 0.467 e. The number of nitrogens with zero attached hydrogens (tertiary/aromatic N) is 3. The van der Waals surface area contributed by atoms with Crippen LogP contribution >= 0.6 is 0 Å². The smallest absolute Gasteiger partial charge is 0.269 e. The number of amides is 1. The first-order valence-corrected chi connectivity index (χ1v) is 11.0. The zero-order chi connectivity index (χ0) is 25.0. The Balaban J connectivity index is 1.73. The van der Waals surface area contributed by atoms with Crippen LogP contribution in [0.5, 0.6) is 11.6 Å². The van der Waals surface area contributed by atoms with Gasteiger partial charge in [0.05, 0.1) is 12.8 Å². The minimum atomic E-state index is -0.651. The summed E-state index contributed by atoms with van der Waals surface area (Å²) in [6.07, 6.45) is 4.25. The van der Waals surface area contributed by atoms with Gasteiger partial charge in [-0.25, -0.2) is 0 Å². The van der Waals surface area contributed by atoms with Crippen molar-refractivity contribution in [1.29, 1.82) is 5.26 Å². The molecule has 3 heterocycles. The lowest BCUT2D eigenvalue weighted by Crippen LogP contribution is -2.24. The Hall–Kier alpha value is -4.64. The molecule has 0 saturated heterocycles. The molecule has 0 fully saturated rings. The summed E-state index contributed by atoms with van der Waals surface area (Å²) in [5.74, 6) is 0.352. The van der Waals surface area contributed by atoms with E-state index >= 15 is 0 Å². The second kappa shape index (κ2) is 9.69. The molecule has 4 aromatic rings. The average Bonchev–Trinajstić information content (AvgIpc) is 3.36. The summed E-state index contributed by atoms with van der Waals surface area (Å²) in [5.41, 5.74) is 0.714. The molecule has 8 heteroatoms. The number of aromatic nitrogens is 2. The molecule has 8 nitrogen and oxygen atoms in total. The standard InChI is InChI=1S/C27H24N4O4/c1-27(2,3)19-9-11-20(12-10-19)35-25-22(26(33)31-13-5-4-8-23(31)30-25)15-18(16-28)24(32)29-17-21-7-6-14-34-21/h4-15H,17H2,1-3H3,(H,29,32)/b18-15+. The number of nitrogens with one attached hydrogen (secondary N) is 1. The molecule has 0 bridgehead atoms. The third-order valence-electron chi connectivity index (χ3n) is 5.33. The number of nitriles is 1. The van der Waals surface area contributed by atoms with Gasteiger partial charge in [0.2, 0.25) is 5.88 Å². The number of hydrogen-bond acceptors (Lipinski definition) is 6. The molecule has 0 aliphatic heterocycles. The third kappa shape index (κ3) is 5.31. The first-order valence-electron chi connectivity index (χ1n) is 11.0. The summed E-state index contributed by atoms with van der Waals surface area (Å²) >= 11 is 0. The Morgan fingerprint density at radius 2 is 1.94 bits per heavy atom. The van der Waals surface area contributed by atoms with Crippen LogP contribution in [0.1, 0.15) is 37.7 Å².